The van der Waals surface area contributed by atoms with Crippen molar-refractivity contribution in [2.24, 2.45) is 0 Å². The van der Waals surface area contributed by atoms with Crippen LogP contribution in [0.5, 0.6) is 5.75 Å². The number of phenols is 1. The number of hydrogen-bond acceptors (Lipinski definition) is 3. The number of amides is 2. The summed E-state index contributed by atoms with van der Waals surface area (Å²) in [6, 6.07) is 6.62. The largest absolute Gasteiger partial charge is 0.508 e. The Kier molecular flexibility index (Phi) is 4.51. The highest BCUT2D eigenvalue weighted by Crippen LogP contribution is 2.15. The number of nitrogens with zero attached hydrogens (tertiary/aromatic N) is 1. The number of carbonyl (C=O) groups excluding carboxylic acids is 2. The van der Waals surface area contributed by atoms with Gasteiger partial charge in [0.15, 0.2) is 0 Å². The third-order valence-electron chi connectivity index (χ3n) is 2.28. The summed E-state index contributed by atoms with van der Waals surface area (Å²) in [4.78, 5) is 24.1. The molecule has 0 bridgehead atoms. The molecule has 5 heteroatoms. The number of phenolic OH excluding ortho intramolecular Hbond substituents is 1. The first-order chi connectivity index (χ1) is 8.00. The monoisotopic (exact) mass is 236 g/mol. The van der Waals surface area contributed by atoms with E-state index in [0.717, 1.165) is 0 Å². The van der Waals surface area contributed by atoms with Gasteiger partial charge in [-0.15, -0.1) is 0 Å². The molecule has 0 aliphatic rings. The fraction of sp³-hybridized carbons (Fsp3) is 0.333. The maximum absolute atomic E-state index is 11.5. The molecule has 1 rings (SSSR count). The van der Waals surface area contributed by atoms with Gasteiger partial charge in [0, 0.05) is 19.7 Å². The molecule has 92 valence electrons. The minimum Gasteiger partial charge on any atom is -0.508 e. The van der Waals surface area contributed by atoms with Crippen LogP contribution in [0.25, 0.3) is 0 Å². The minimum atomic E-state index is -0.290. The normalized spacial score (nSPS) is 9.76. The van der Waals surface area contributed by atoms with Gasteiger partial charge < -0.3 is 15.3 Å². The maximum atomic E-state index is 11.5. The number of nitrogens with one attached hydrogen (secondary N) is 1. The van der Waals surface area contributed by atoms with Gasteiger partial charge in [-0.1, -0.05) is 18.2 Å². The topological polar surface area (TPSA) is 69.6 Å². The molecule has 0 fully saturated rings. The summed E-state index contributed by atoms with van der Waals surface area (Å²) >= 11 is 0. The van der Waals surface area contributed by atoms with Gasteiger partial charge in [-0.2, -0.15) is 0 Å². The Hall–Kier alpha value is -2.04. The van der Waals surface area contributed by atoms with Crippen molar-refractivity contribution in [1.82, 2.24) is 10.2 Å². The first-order valence-electron chi connectivity index (χ1n) is 5.24. The molecular weight excluding hydrogens is 220 g/mol. The smallest absolute Gasteiger partial charge is 0.241 e. The zero-order chi connectivity index (χ0) is 12.8. The van der Waals surface area contributed by atoms with Crippen molar-refractivity contribution in [2.45, 2.75) is 6.42 Å². The van der Waals surface area contributed by atoms with Gasteiger partial charge in [-0.05, 0) is 6.07 Å². The Labute approximate surface area is 100 Å². The van der Waals surface area contributed by atoms with E-state index in [4.69, 9.17) is 0 Å². The van der Waals surface area contributed by atoms with Crippen molar-refractivity contribution in [1.29, 1.82) is 0 Å². The van der Waals surface area contributed by atoms with Crippen molar-refractivity contribution in [2.75, 3.05) is 20.6 Å². The molecule has 0 spiro atoms. The molecule has 0 radical (unpaired) electrons. The lowest BCUT2D eigenvalue weighted by atomic mass is 10.1. The van der Waals surface area contributed by atoms with Gasteiger partial charge in [0.25, 0.3) is 0 Å². The number of benzene rings is 1. The zero-order valence-corrected chi connectivity index (χ0v) is 9.93. The molecule has 0 unspecified atom stereocenters. The van der Waals surface area contributed by atoms with Crippen molar-refractivity contribution in [3.05, 3.63) is 29.8 Å². The summed E-state index contributed by atoms with van der Waals surface area (Å²) in [7, 11) is 3.25. The number of hydrogen-bond donors (Lipinski definition) is 2. The molecular formula is C12H16N2O3. The predicted octanol–water partition coefficient (Wildman–Crippen LogP) is 0.139. The molecule has 0 atom stereocenters. The summed E-state index contributed by atoms with van der Waals surface area (Å²) in [5.74, 6) is -0.376. The van der Waals surface area contributed by atoms with Crippen LogP contribution in [0.4, 0.5) is 0 Å². The van der Waals surface area contributed by atoms with E-state index in [9.17, 15) is 14.7 Å². The van der Waals surface area contributed by atoms with Gasteiger partial charge in [0.1, 0.15) is 5.75 Å². The lowest BCUT2D eigenvalue weighted by Crippen LogP contribution is -2.36. The molecule has 5 nitrogen and oxygen atoms in total. The fourth-order valence-corrected chi connectivity index (χ4v) is 1.23. The molecule has 1 aromatic rings. The average Bonchev–Trinajstić information content (AvgIpc) is 2.29. The number of rotatable bonds is 4. The average molecular weight is 236 g/mol. The van der Waals surface area contributed by atoms with E-state index >= 15 is 0 Å². The summed E-state index contributed by atoms with van der Waals surface area (Å²) in [6.45, 7) is -0.0283. The first kappa shape index (κ1) is 13.0. The summed E-state index contributed by atoms with van der Waals surface area (Å²) in [5, 5.41) is 12.0. The Morgan fingerprint density at radius 3 is 2.53 bits per heavy atom. The summed E-state index contributed by atoms with van der Waals surface area (Å²) < 4.78 is 0. The summed E-state index contributed by atoms with van der Waals surface area (Å²) in [5.41, 5.74) is 0.544. The molecule has 0 heterocycles. The van der Waals surface area contributed by atoms with E-state index in [-0.39, 0.29) is 30.5 Å². The Bertz CT molecular complexity index is 416. The number of para-hydroxylation sites is 1. The van der Waals surface area contributed by atoms with Crippen molar-refractivity contribution in [3.8, 4) is 5.75 Å². The number of carbonyl (C=O) groups is 2. The molecule has 0 saturated carbocycles. The Morgan fingerprint density at radius 1 is 1.29 bits per heavy atom. The molecule has 2 N–H and O–H groups in total. The maximum Gasteiger partial charge on any atom is 0.241 e. The van der Waals surface area contributed by atoms with Crippen molar-refractivity contribution in [3.63, 3.8) is 0 Å². The second-order valence-electron chi connectivity index (χ2n) is 3.87. The predicted molar refractivity (Wildman–Crippen MR) is 63.5 cm³/mol. The minimum absolute atomic E-state index is 0.0283. The molecule has 2 amide bonds. The second-order valence-corrected chi connectivity index (χ2v) is 3.87. The standard InChI is InChI=1S/C12H16N2O3/c1-14(2)12(17)8-13-11(16)7-9-5-3-4-6-10(9)15/h3-6,15H,7-8H2,1-2H3,(H,13,16). The number of likely N-dealkylation sites (N-methyl/N-ethyl adjacent to an activating group) is 1. The van der Waals surface area contributed by atoms with Crippen molar-refractivity contribution < 1.29 is 14.7 Å². The quantitative estimate of drug-likeness (QED) is 0.781. The molecule has 17 heavy (non-hydrogen) atoms. The molecule has 0 aliphatic heterocycles. The van der Waals surface area contributed by atoms with Crippen LogP contribution in [0, 0.1) is 0 Å². The fourth-order valence-electron chi connectivity index (χ4n) is 1.23. The second kappa shape index (κ2) is 5.89. The first-order valence-corrected chi connectivity index (χ1v) is 5.24. The lowest BCUT2D eigenvalue weighted by Gasteiger charge is -2.11. The van der Waals surface area contributed by atoms with Gasteiger partial charge >= 0.3 is 0 Å². The number of aromatic hydroxyl groups is 1. The van der Waals surface area contributed by atoms with E-state index < -0.39 is 0 Å². The van der Waals surface area contributed by atoms with Crippen LogP contribution in [-0.4, -0.2) is 42.5 Å². The van der Waals surface area contributed by atoms with E-state index in [0.29, 0.717) is 5.56 Å². The molecule has 0 aromatic heterocycles. The van der Waals surface area contributed by atoms with Crippen LogP contribution in [0.2, 0.25) is 0 Å². The SMILES string of the molecule is CN(C)C(=O)CNC(=O)Cc1ccccc1O. The van der Waals surface area contributed by atoms with Crippen LogP contribution in [0.15, 0.2) is 24.3 Å². The van der Waals surface area contributed by atoms with Crippen LogP contribution >= 0.6 is 0 Å². The molecule has 0 aliphatic carbocycles. The van der Waals surface area contributed by atoms with Gasteiger partial charge in [-0.25, -0.2) is 0 Å². The Balaban J connectivity index is 2.46. The summed E-state index contributed by atoms with van der Waals surface area (Å²) in [6.07, 6.45) is 0.0629. The van der Waals surface area contributed by atoms with Crippen molar-refractivity contribution >= 4 is 11.8 Å². The third kappa shape index (κ3) is 4.14. The van der Waals surface area contributed by atoms with Crippen LogP contribution in [0.1, 0.15) is 5.56 Å². The van der Waals surface area contributed by atoms with Gasteiger partial charge in [-0.3, -0.25) is 9.59 Å². The lowest BCUT2D eigenvalue weighted by molar-refractivity contribution is -0.130. The molecule has 0 saturated heterocycles. The van der Waals surface area contributed by atoms with Crippen LogP contribution in [-0.2, 0) is 16.0 Å². The highest BCUT2D eigenvalue weighted by Gasteiger charge is 2.09. The molecule has 1 aromatic carbocycles. The van der Waals surface area contributed by atoms with E-state index in [1.54, 1.807) is 32.3 Å². The third-order valence-corrected chi connectivity index (χ3v) is 2.28. The highest BCUT2D eigenvalue weighted by molar-refractivity contribution is 5.85. The Morgan fingerprint density at radius 2 is 1.94 bits per heavy atom. The van der Waals surface area contributed by atoms with Crippen LogP contribution in [0.3, 0.4) is 0 Å². The van der Waals surface area contributed by atoms with E-state index in [1.165, 1.54) is 11.0 Å². The van der Waals surface area contributed by atoms with Gasteiger partial charge in [0.2, 0.25) is 11.8 Å². The van der Waals surface area contributed by atoms with Gasteiger partial charge in [0.05, 0.1) is 13.0 Å². The van der Waals surface area contributed by atoms with E-state index in [2.05, 4.69) is 5.32 Å². The highest BCUT2D eigenvalue weighted by atomic mass is 16.3. The van der Waals surface area contributed by atoms with Crippen LogP contribution < -0.4 is 5.32 Å². The zero-order valence-electron chi connectivity index (χ0n) is 9.93. The van der Waals surface area contributed by atoms with E-state index in [1.807, 2.05) is 0 Å².